The van der Waals surface area contributed by atoms with E-state index in [1.165, 1.54) is 11.3 Å². The summed E-state index contributed by atoms with van der Waals surface area (Å²) in [6.07, 6.45) is 3.25. The third-order valence-corrected chi connectivity index (χ3v) is 4.15. The van der Waals surface area contributed by atoms with Crippen LogP contribution in [0.15, 0.2) is 18.2 Å². The molecule has 19 heavy (non-hydrogen) atoms. The van der Waals surface area contributed by atoms with E-state index < -0.39 is 0 Å². The maximum atomic E-state index is 13.5. The van der Waals surface area contributed by atoms with Crippen LogP contribution in [0.25, 0.3) is 10.9 Å². The Labute approximate surface area is 113 Å². The van der Waals surface area contributed by atoms with Crippen molar-refractivity contribution in [3.8, 4) is 0 Å². The molecule has 0 spiro atoms. The van der Waals surface area contributed by atoms with Gasteiger partial charge in [0.2, 0.25) is 0 Å². The Kier molecular flexibility index (Phi) is 3.09. The second kappa shape index (κ2) is 4.64. The van der Waals surface area contributed by atoms with Crippen molar-refractivity contribution in [2.24, 2.45) is 7.05 Å². The average Bonchev–Trinajstić information content (AvgIpc) is 2.62. The lowest BCUT2D eigenvalue weighted by Crippen LogP contribution is -2.38. The highest BCUT2D eigenvalue weighted by molar-refractivity contribution is 5.86. The van der Waals surface area contributed by atoms with Crippen LogP contribution < -0.4 is 5.32 Å². The van der Waals surface area contributed by atoms with Crippen LogP contribution in [0.3, 0.4) is 0 Å². The fraction of sp³-hybridized carbons (Fsp3) is 0.500. The van der Waals surface area contributed by atoms with E-state index in [2.05, 4.69) is 30.8 Å². The fourth-order valence-corrected chi connectivity index (χ4v) is 3.37. The highest BCUT2D eigenvalue weighted by atomic mass is 19.1. The first-order chi connectivity index (χ1) is 9.06. The normalized spacial score (nSPS) is 19.1. The molecule has 0 fully saturated rings. The molecule has 0 radical (unpaired) electrons. The van der Waals surface area contributed by atoms with Crippen LogP contribution in [0.5, 0.6) is 0 Å². The van der Waals surface area contributed by atoms with Crippen LogP contribution >= 0.6 is 0 Å². The summed E-state index contributed by atoms with van der Waals surface area (Å²) < 4.78 is 15.7. The largest absolute Gasteiger partial charge is 0.347 e. The van der Waals surface area contributed by atoms with Gasteiger partial charge in [0.1, 0.15) is 5.82 Å². The molecule has 0 saturated heterocycles. The second-order valence-corrected chi connectivity index (χ2v) is 5.91. The van der Waals surface area contributed by atoms with Gasteiger partial charge in [-0.05, 0) is 43.0 Å². The minimum Gasteiger partial charge on any atom is -0.347 e. The number of halogens is 1. The van der Waals surface area contributed by atoms with Gasteiger partial charge >= 0.3 is 0 Å². The molecule has 1 atom stereocenters. The molecule has 1 aromatic heterocycles. The van der Waals surface area contributed by atoms with Crippen LogP contribution in [0.1, 0.15) is 31.5 Å². The van der Waals surface area contributed by atoms with Crippen molar-refractivity contribution in [2.75, 3.05) is 0 Å². The van der Waals surface area contributed by atoms with Gasteiger partial charge in [-0.15, -0.1) is 0 Å². The first-order valence-corrected chi connectivity index (χ1v) is 7.08. The first kappa shape index (κ1) is 12.7. The number of aryl methyl sites for hydroxylation is 1. The average molecular weight is 260 g/mol. The molecule has 2 aromatic rings. The Hall–Kier alpha value is -1.35. The molecule has 3 heteroatoms. The summed E-state index contributed by atoms with van der Waals surface area (Å²) in [5.41, 5.74) is 3.86. The van der Waals surface area contributed by atoms with Crippen LogP contribution in [0.4, 0.5) is 4.39 Å². The van der Waals surface area contributed by atoms with Crippen molar-refractivity contribution in [1.29, 1.82) is 0 Å². The summed E-state index contributed by atoms with van der Waals surface area (Å²) in [6.45, 7) is 4.36. The summed E-state index contributed by atoms with van der Waals surface area (Å²) in [5.74, 6) is -0.139. The number of aromatic nitrogens is 1. The highest BCUT2D eigenvalue weighted by Gasteiger charge is 2.24. The molecule has 1 aromatic carbocycles. The van der Waals surface area contributed by atoms with Gasteiger partial charge in [0, 0.05) is 35.7 Å². The summed E-state index contributed by atoms with van der Waals surface area (Å²) in [5, 5.41) is 4.70. The Morgan fingerprint density at radius 3 is 2.89 bits per heavy atom. The molecule has 1 aliphatic carbocycles. The van der Waals surface area contributed by atoms with Gasteiger partial charge in [-0.3, -0.25) is 0 Å². The van der Waals surface area contributed by atoms with E-state index >= 15 is 0 Å². The number of benzene rings is 1. The van der Waals surface area contributed by atoms with E-state index in [0.29, 0.717) is 12.1 Å². The molecule has 0 saturated carbocycles. The van der Waals surface area contributed by atoms with Crippen molar-refractivity contribution in [2.45, 2.75) is 45.2 Å². The van der Waals surface area contributed by atoms with Crippen molar-refractivity contribution in [1.82, 2.24) is 9.88 Å². The molecule has 1 aliphatic rings. The zero-order valence-corrected chi connectivity index (χ0v) is 11.8. The lowest BCUT2D eigenvalue weighted by molar-refractivity contribution is 0.418. The van der Waals surface area contributed by atoms with E-state index in [-0.39, 0.29) is 5.82 Å². The molecular weight excluding hydrogens is 239 g/mol. The second-order valence-electron chi connectivity index (χ2n) is 5.91. The van der Waals surface area contributed by atoms with Gasteiger partial charge in [-0.1, -0.05) is 13.8 Å². The lowest BCUT2D eigenvalue weighted by Gasteiger charge is -2.26. The van der Waals surface area contributed by atoms with E-state index in [1.807, 2.05) is 6.07 Å². The molecule has 0 bridgehead atoms. The lowest BCUT2D eigenvalue weighted by atomic mass is 9.91. The Bertz CT molecular complexity index is 613. The van der Waals surface area contributed by atoms with Crippen LogP contribution in [0, 0.1) is 5.82 Å². The van der Waals surface area contributed by atoms with Gasteiger partial charge in [-0.2, -0.15) is 0 Å². The van der Waals surface area contributed by atoms with Gasteiger partial charge in [0.05, 0.1) is 0 Å². The van der Waals surface area contributed by atoms with Gasteiger partial charge < -0.3 is 9.88 Å². The summed E-state index contributed by atoms with van der Waals surface area (Å²) in [7, 11) is 2.09. The molecule has 3 rings (SSSR count). The number of hydrogen-bond donors (Lipinski definition) is 1. The zero-order valence-electron chi connectivity index (χ0n) is 11.8. The quantitative estimate of drug-likeness (QED) is 0.877. The number of nitrogens with one attached hydrogen (secondary N) is 1. The summed E-state index contributed by atoms with van der Waals surface area (Å²) in [4.78, 5) is 0. The van der Waals surface area contributed by atoms with E-state index in [4.69, 9.17) is 0 Å². The predicted octanol–water partition coefficient (Wildman–Crippen LogP) is 3.17. The summed E-state index contributed by atoms with van der Waals surface area (Å²) >= 11 is 0. The van der Waals surface area contributed by atoms with E-state index in [1.54, 1.807) is 12.1 Å². The van der Waals surface area contributed by atoms with Crippen molar-refractivity contribution in [3.05, 3.63) is 35.3 Å². The van der Waals surface area contributed by atoms with Crippen LogP contribution in [0.2, 0.25) is 0 Å². The fourth-order valence-electron chi connectivity index (χ4n) is 3.37. The number of rotatable bonds is 2. The summed E-state index contributed by atoms with van der Waals surface area (Å²) in [6, 6.07) is 6.15. The van der Waals surface area contributed by atoms with Crippen molar-refractivity contribution in [3.63, 3.8) is 0 Å². The van der Waals surface area contributed by atoms with Crippen molar-refractivity contribution < 1.29 is 4.39 Å². The first-order valence-electron chi connectivity index (χ1n) is 7.08. The topological polar surface area (TPSA) is 17.0 Å². The molecule has 0 amide bonds. The third-order valence-electron chi connectivity index (χ3n) is 4.15. The molecule has 2 nitrogen and oxygen atoms in total. The Morgan fingerprint density at radius 2 is 2.16 bits per heavy atom. The smallest absolute Gasteiger partial charge is 0.123 e. The van der Waals surface area contributed by atoms with E-state index in [0.717, 1.165) is 30.2 Å². The van der Waals surface area contributed by atoms with Crippen molar-refractivity contribution >= 4 is 10.9 Å². The highest BCUT2D eigenvalue weighted by Crippen LogP contribution is 2.32. The predicted molar refractivity (Wildman–Crippen MR) is 77.0 cm³/mol. The molecule has 102 valence electrons. The zero-order chi connectivity index (χ0) is 13.6. The van der Waals surface area contributed by atoms with Gasteiger partial charge in [0.25, 0.3) is 0 Å². The molecule has 1 N–H and O–H groups in total. The van der Waals surface area contributed by atoms with Crippen LogP contribution in [-0.2, 0) is 19.9 Å². The minimum absolute atomic E-state index is 0.139. The maximum Gasteiger partial charge on any atom is 0.123 e. The molecule has 1 heterocycles. The number of fused-ring (bicyclic) bond motifs is 3. The Morgan fingerprint density at radius 1 is 1.37 bits per heavy atom. The third kappa shape index (κ3) is 2.16. The Balaban J connectivity index is 2.05. The van der Waals surface area contributed by atoms with E-state index in [9.17, 15) is 4.39 Å². The number of nitrogens with zero attached hydrogens (tertiary/aromatic N) is 1. The molecule has 0 aliphatic heterocycles. The minimum atomic E-state index is -0.139. The van der Waals surface area contributed by atoms with Crippen LogP contribution in [-0.4, -0.2) is 16.7 Å². The SMILES string of the molecule is CC(C)NC1CCc2c(c3cc(F)ccc3n2C)C1. The maximum absolute atomic E-state index is 13.5. The monoisotopic (exact) mass is 260 g/mol. The number of hydrogen-bond acceptors (Lipinski definition) is 1. The standard InChI is InChI=1S/C16H21FN2/c1-10(2)18-12-5-7-16-14(9-12)13-8-11(17)4-6-15(13)19(16)3/h4,6,8,10,12,18H,5,7,9H2,1-3H3. The van der Waals surface area contributed by atoms with Gasteiger partial charge in [-0.25, -0.2) is 4.39 Å². The molecular formula is C16H21FN2. The molecule has 1 unspecified atom stereocenters. The van der Waals surface area contributed by atoms with Gasteiger partial charge in [0.15, 0.2) is 0 Å².